The number of nitrogens with one attached hydrogen (secondary N) is 2. The summed E-state index contributed by atoms with van der Waals surface area (Å²) in [6.07, 6.45) is -1.00. The van der Waals surface area contributed by atoms with E-state index in [9.17, 15) is 23.7 Å². The summed E-state index contributed by atoms with van der Waals surface area (Å²) < 4.78 is 30.4. The van der Waals surface area contributed by atoms with Crippen molar-refractivity contribution in [3.8, 4) is 0 Å². The highest BCUT2D eigenvalue weighted by atomic mass is 19.3. The molecular weight excluding hydrogens is 376 g/mol. The van der Waals surface area contributed by atoms with Crippen LogP contribution in [0.5, 0.6) is 0 Å². The van der Waals surface area contributed by atoms with Gasteiger partial charge < -0.3 is 15.0 Å². The largest absolute Gasteiger partial charge is 0.444 e. The molecule has 2 aliphatic heterocycles. The molecule has 0 aromatic carbocycles. The highest BCUT2D eigenvalue weighted by molar-refractivity contribution is 5.97. The van der Waals surface area contributed by atoms with Crippen LogP contribution in [-0.2, 0) is 4.74 Å². The van der Waals surface area contributed by atoms with Crippen LogP contribution in [0.25, 0.3) is 0 Å². The van der Waals surface area contributed by atoms with Crippen molar-refractivity contribution in [3.63, 3.8) is 0 Å². The van der Waals surface area contributed by atoms with Gasteiger partial charge in [0.05, 0.1) is 17.2 Å². The Bertz CT molecular complexity index is 636. The average Bonchev–Trinajstić information content (AvgIpc) is 2.54. The lowest BCUT2D eigenvalue weighted by atomic mass is 9.97. The Balaban J connectivity index is 1.76. The first-order chi connectivity index (χ1) is 13.0. The number of allylic oxidation sites excluding steroid dienone is 1. The van der Waals surface area contributed by atoms with Crippen molar-refractivity contribution in [2.24, 2.45) is 0 Å². The van der Waals surface area contributed by atoms with Crippen LogP contribution in [0.3, 0.4) is 0 Å². The number of ether oxygens (including phenoxy) is 1. The van der Waals surface area contributed by atoms with Crippen molar-refractivity contribution < 1.29 is 23.2 Å². The van der Waals surface area contributed by atoms with E-state index < -0.39 is 28.4 Å². The number of piperidine rings is 1. The average molecular weight is 403 g/mol. The predicted octanol–water partition coefficient (Wildman–Crippen LogP) is 2.06. The minimum Gasteiger partial charge on any atom is -0.444 e. The molecule has 0 radical (unpaired) electrons. The summed E-state index contributed by atoms with van der Waals surface area (Å²) in [5.41, 5.74) is -2.75. The van der Waals surface area contributed by atoms with Gasteiger partial charge in [-0.2, -0.15) is 0 Å². The molecule has 2 N–H and O–H groups in total. The van der Waals surface area contributed by atoms with E-state index in [-0.39, 0.29) is 12.1 Å². The Morgan fingerprint density at radius 1 is 1.32 bits per heavy atom. The van der Waals surface area contributed by atoms with Crippen LogP contribution in [-0.4, -0.2) is 76.8 Å². The smallest absolute Gasteiger partial charge is 0.410 e. The molecule has 158 valence electrons. The maximum absolute atomic E-state index is 12.5. The number of hydrogen-bond acceptors (Lipinski definition) is 7. The lowest BCUT2D eigenvalue weighted by Crippen LogP contribution is -2.62. The van der Waals surface area contributed by atoms with E-state index in [0.717, 1.165) is 19.0 Å². The molecule has 0 aromatic heterocycles. The minimum absolute atomic E-state index is 0.0932. The second kappa shape index (κ2) is 8.80. The summed E-state index contributed by atoms with van der Waals surface area (Å²) >= 11 is 0. The first-order valence-corrected chi connectivity index (χ1v) is 9.17. The van der Waals surface area contributed by atoms with E-state index in [4.69, 9.17) is 10.1 Å². The number of nitrogens with zero attached hydrogens (tertiary/aromatic N) is 3. The minimum atomic E-state index is -3.19. The van der Waals surface area contributed by atoms with Crippen molar-refractivity contribution >= 4 is 11.8 Å². The first kappa shape index (κ1) is 22.0. The van der Waals surface area contributed by atoms with Gasteiger partial charge in [0, 0.05) is 32.2 Å². The number of hydrogen-bond donors (Lipinski definition) is 2. The number of rotatable bonds is 6. The van der Waals surface area contributed by atoms with Gasteiger partial charge in [-0.15, -0.1) is 0 Å². The van der Waals surface area contributed by atoms with Crippen LogP contribution in [0, 0.1) is 15.5 Å². The second-order valence-corrected chi connectivity index (χ2v) is 8.02. The number of carbonyl (C=O) groups is 1. The quantitative estimate of drug-likeness (QED) is 0.399. The number of halogens is 2. The van der Waals surface area contributed by atoms with Crippen molar-refractivity contribution in [2.75, 3.05) is 26.2 Å². The molecule has 2 rings (SSSR count). The van der Waals surface area contributed by atoms with Crippen LogP contribution in [0.4, 0.5) is 13.6 Å². The number of nitro groups is 1. The summed E-state index contributed by atoms with van der Waals surface area (Å²) in [4.78, 5) is 25.8. The molecule has 0 bridgehead atoms. The molecule has 2 aliphatic rings. The zero-order valence-corrected chi connectivity index (χ0v) is 16.3. The van der Waals surface area contributed by atoms with Gasteiger partial charge in [0.2, 0.25) is 0 Å². The zero-order valence-electron chi connectivity index (χ0n) is 16.3. The number of carbonyl (C=O) groups excluding carboxylic acids is 1. The number of amides is 1. The fraction of sp³-hybridized carbons (Fsp3) is 0.765. The molecule has 9 nitrogen and oxygen atoms in total. The number of alkyl halides is 2. The van der Waals surface area contributed by atoms with Crippen LogP contribution >= 0.6 is 0 Å². The zero-order chi connectivity index (χ0) is 21.1. The third kappa shape index (κ3) is 5.85. The highest BCUT2D eigenvalue weighted by Gasteiger charge is 2.36. The second-order valence-electron chi connectivity index (χ2n) is 8.02. The molecule has 0 unspecified atom stereocenters. The van der Waals surface area contributed by atoms with E-state index in [1.165, 1.54) is 0 Å². The van der Waals surface area contributed by atoms with E-state index in [2.05, 4.69) is 10.2 Å². The summed E-state index contributed by atoms with van der Waals surface area (Å²) in [5, 5.41) is 20.7. The van der Waals surface area contributed by atoms with Gasteiger partial charge >= 0.3 is 11.8 Å². The summed E-state index contributed by atoms with van der Waals surface area (Å²) in [7, 11) is 0. The van der Waals surface area contributed by atoms with Crippen LogP contribution < -0.4 is 5.32 Å². The van der Waals surface area contributed by atoms with Crippen LogP contribution in [0.2, 0.25) is 0 Å². The van der Waals surface area contributed by atoms with E-state index in [1.807, 2.05) is 20.8 Å². The predicted molar refractivity (Wildman–Crippen MR) is 98.1 cm³/mol. The molecule has 0 aromatic rings. The first-order valence-electron chi connectivity index (χ1n) is 9.17. The van der Waals surface area contributed by atoms with Crippen molar-refractivity contribution in [1.29, 1.82) is 5.41 Å². The third-order valence-corrected chi connectivity index (χ3v) is 4.69. The SMILES string of the molecule is CC(C)(C)OC(=O)N1CCC(N2CC(N/C=C(\C(=N)C(F)F)[N+](=O)[O-])C2)CC1. The summed E-state index contributed by atoms with van der Waals surface area (Å²) in [5.74, 6) is 0. The summed E-state index contributed by atoms with van der Waals surface area (Å²) in [6, 6.07) is 0.208. The summed E-state index contributed by atoms with van der Waals surface area (Å²) in [6.45, 7) is 7.93. The van der Waals surface area contributed by atoms with Crippen molar-refractivity contribution in [3.05, 3.63) is 22.0 Å². The Kier molecular flexibility index (Phi) is 6.91. The molecule has 2 heterocycles. The Morgan fingerprint density at radius 3 is 2.36 bits per heavy atom. The molecule has 0 aliphatic carbocycles. The van der Waals surface area contributed by atoms with Gasteiger partial charge in [-0.05, 0) is 33.6 Å². The maximum Gasteiger partial charge on any atom is 0.410 e. The topological polar surface area (TPSA) is 112 Å². The highest BCUT2D eigenvalue weighted by Crippen LogP contribution is 2.23. The van der Waals surface area contributed by atoms with Crippen molar-refractivity contribution in [2.45, 2.75) is 57.7 Å². The molecule has 0 atom stereocenters. The molecule has 2 fully saturated rings. The van der Waals surface area contributed by atoms with Gasteiger partial charge in [0.15, 0.2) is 5.71 Å². The maximum atomic E-state index is 12.5. The molecule has 0 spiro atoms. The van der Waals surface area contributed by atoms with Gasteiger partial charge in [0.25, 0.3) is 6.43 Å². The monoisotopic (exact) mass is 403 g/mol. The van der Waals surface area contributed by atoms with Gasteiger partial charge in [-0.3, -0.25) is 20.4 Å². The van der Waals surface area contributed by atoms with Crippen LogP contribution in [0.15, 0.2) is 11.9 Å². The molecule has 11 heteroatoms. The van der Waals surface area contributed by atoms with E-state index in [0.29, 0.717) is 32.2 Å². The van der Waals surface area contributed by atoms with E-state index >= 15 is 0 Å². The molecule has 0 saturated carbocycles. The fourth-order valence-corrected chi connectivity index (χ4v) is 3.19. The lowest BCUT2D eigenvalue weighted by Gasteiger charge is -2.47. The Morgan fingerprint density at radius 2 is 1.89 bits per heavy atom. The van der Waals surface area contributed by atoms with Gasteiger partial charge in [-0.25, -0.2) is 13.6 Å². The standard InChI is InChI=1S/C17H27F2N5O4/c1-17(2,3)28-16(25)22-6-4-12(5-7-22)23-9-11(10-23)21-8-13(24(26)27)14(20)15(18)19/h8,11-12,15,20-21H,4-7,9-10H2,1-3H3/b13-8+,20-14?. The Hall–Kier alpha value is -2.30. The molecule has 28 heavy (non-hydrogen) atoms. The Labute approximate surface area is 162 Å². The third-order valence-electron chi connectivity index (χ3n) is 4.69. The van der Waals surface area contributed by atoms with Crippen LogP contribution in [0.1, 0.15) is 33.6 Å². The molecule has 1 amide bonds. The fourth-order valence-electron chi connectivity index (χ4n) is 3.19. The molecular formula is C17H27F2N5O4. The normalized spacial score (nSPS) is 20.1. The number of likely N-dealkylation sites (tertiary alicyclic amines) is 2. The molecule has 2 saturated heterocycles. The van der Waals surface area contributed by atoms with Gasteiger partial charge in [0.1, 0.15) is 5.60 Å². The van der Waals surface area contributed by atoms with Gasteiger partial charge in [-0.1, -0.05) is 0 Å². The van der Waals surface area contributed by atoms with Crippen molar-refractivity contribution in [1.82, 2.24) is 15.1 Å². The van der Waals surface area contributed by atoms with E-state index in [1.54, 1.807) is 4.90 Å². The lowest BCUT2D eigenvalue weighted by molar-refractivity contribution is -0.416.